The minimum atomic E-state index is -0.548. The van der Waals surface area contributed by atoms with E-state index < -0.39 is 6.10 Å². The van der Waals surface area contributed by atoms with Gasteiger partial charge in [-0.25, -0.2) is 0 Å². The summed E-state index contributed by atoms with van der Waals surface area (Å²) in [5, 5.41) is 11.2. The minimum absolute atomic E-state index is 0.215. The number of ether oxygens (including phenoxy) is 2. The molecule has 0 bridgehead atoms. The molecule has 124 valence electrons. The van der Waals surface area contributed by atoms with Crippen molar-refractivity contribution in [3.8, 4) is 5.75 Å². The van der Waals surface area contributed by atoms with Gasteiger partial charge in [0.15, 0.2) is 0 Å². The van der Waals surface area contributed by atoms with E-state index in [1.54, 1.807) is 25.3 Å². The van der Waals surface area contributed by atoms with Crippen molar-refractivity contribution < 1.29 is 14.6 Å². The molecule has 0 spiro atoms. The van der Waals surface area contributed by atoms with E-state index >= 15 is 0 Å². The summed E-state index contributed by atoms with van der Waals surface area (Å²) in [7, 11) is 1.73. The second kappa shape index (κ2) is 8.94. The quantitative estimate of drug-likeness (QED) is 0.822. The lowest BCUT2D eigenvalue weighted by Crippen LogP contribution is -2.42. The first-order valence-corrected chi connectivity index (χ1v) is 8.31. The molecule has 22 heavy (non-hydrogen) atoms. The SMILES string of the molecule is COCC1CCCN(CC(O)COc2ccc(Cl)cc2Cl)C1. The van der Waals surface area contributed by atoms with Crippen molar-refractivity contribution in [3.05, 3.63) is 28.2 Å². The summed E-state index contributed by atoms with van der Waals surface area (Å²) in [4.78, 5) is 2.27. The van der Waals surface area contributed by atoms with Gasteiger partial charge in [-0.1, -0.05) is 23.2 Å². The van der Waals surface area contributed by atoms with Crippen LogP contribution in [0.25, 0.3) is 0 Å². The predicted octanol–water partition coefficient (Wildman–Crippen LogP) is 3.09. The van der Waals surface area contributed by atoms with Crippen LogP contribution in [0.1, 0.15) is 12.8 Å². The number of hydrogen-bond acceptors (Lipinski definition) is 4. The number of piperidine rings is 1. The Morgan fingerprint density at radius 1 is 1.41 bits per heavy atom. The maximum absolute atomic E-state index is 10.2. The third kappa shape index (κ3) is 5.60. The molecule has 4 nitrogen and oxygen atoms in total. The average molecular weight is 348 g/mol. The van der Waals surface area contributed by atoms with Crippen molar-refractivity contribution in [3.63, 3.8) is 0 Å². The fourth-order valence-corrected chi connectivity index (χ4v) is 3.28. The van der Waals surface area contributed by atoms with E-state index in [1.807, 2.05) is 0 Å². The van der Waals surface area contributed by atoms with Crippen LogP contribution >= 0.6 is 23.2 Å². The van der Waals surface area contributed by atoms with Crippen molar-refractivity contribution in [1.29, 1.82) is 0 Å². The zero-order valence-corrected chi connectivity index (χ0v) is 14.3. The molecule has 1 aromatic rings. The molecular formula is C16H23Cl2NO3. The Morgan fingerprint density at radius 3 is 2.95 bits per heavy atom. The van der Waals surface area contributed by atoms with Crippen LogP contribution in [-0.2, 0) is 4.74 Å². The van der Waals surface area contributed by atoms with E-state index in [2.05, 4.69) is 4.90 Å². The number of halogens is 2. The fraction of sp³-hybridized carbons (Fsp3) is 0.625. The van der Waals surface area contributed by atoms with Gasteiger partial charge in [-0.3, -0.25) is 0 Å². The van der Waals surface area contributed by atoms with Crippen molar-refractivity contribution >= 4 is 23.2 Å². The molecule has 0 aliphatic carbocycles. The lowest BCUT2D eigenvalue weighted by Gasteiger charge is -2.33. The standard InChI is InChI=1S/C16H23Cl2NO3/c1-21-10-12-3-2-6-19(8-12)9-14(20)11-22-16-5-4-13(17)7-15(16)18/h4-5,7,12,14,20H,2-3,6,8-11H2,1H3. The molecular weight excluding hydrogens is 325 g/mol. The summed E-state index contributed by atoms with van der Waals surface area (Å²) in [5.41, 5.74) is 0. The number of methoxy groups -OCH3 is 1. The van der Waals surface area contributed by atoms with Crippen LogP contribution in [0.2, 0.25) is 10.0 Å². The highest BCUT2D eigenvalue weighted by atomic mass is 35.5. The maximum atomic E-state index is 10.2. The highest BCUT2D eigenvalue weighted by molar-refractivity contribution is 6.35. The van der Waals surface area contributed by atoms with Crippen LogP contribution in [-0.4, -0.2) is 56.1 Å². The molecule has 2 atom stereocenters. The Bertz CT molecular complexity index is 471. The highest BCUT2D eigenvalue weighted by Crippen LogP contribution is 2.27. The van der Waals surface area contributed by atoms with Crippen molar-refractivity contribution in [2.45, 2.75) is 18.9 Å². The summed E-state index contributed by atoms with van der Waals surface area (Å²) in [6.45, 7) is 3.58. The summed E-state index contributed by atoms with van der Waals surface area (Å²) in [6, 6.07) is 5.06. The summed E-state index contributed by atoms with van der Waals surface area (Å²) >= 11 is 11.9. The predicted molar refractivity (Wildman–Crippen MR) is 89.0 cm³/mol. The van der Waals surface area contributed by atoms with E-state index in [4.69, 9.17) is 32.7 Å². The van der Waals surface area contributed by atoms with E-state index in [-0.39, 0.29) is 6.61 Å². The Morgan fingerprint density at radius 2 is 2.23 bits per heavy atom. The number of aliphatic hydroxyl groups is 1. The van der Waals surface area contributed by atoms with Gasteiger partial charge < -0.3 is 19.5 Å². The third-order valence-corrected chi connectivity index (χ3v) is 4.33. The molecule has 1 aliphatic heterocycles. The minimum Gasteiger partial charge on any atom is -0.489 e. The molecule has 0 saturated carbocycles. The molecule has 1 aromatic carbocycles. The third-order valence-electron chi connectivity index (χ3n) is 3.80. The lowest BCUT2D eigenvalue weighted by molar-refractivity contribution is 0.0371. The van der Waals surface area contributed by atoms with Gasteiger partial charge in [-0.2, -0.15) is 0 Å². The van der Waals surface area contributed by atoms with Crippen molar-refractivity contribution in [2.24, 2.45) is 5.92 Å². The molecule has 2 unspecified atom stereocenters. The Hall–Kier alpha value is -0.520. The van der Waals surface area contributed by atoms with Gasteiger partial charge in [0.1, 0.15) is 18.5 Å². The number of likely N-dealkylation sites (tertiary alicyclic amines) is 1. The van der Waals surface area contributed by atoms with E-state index in [0.717, 1.165) is 26.1 Å². The van der Waals surface area contributed by atoms with Gasteiger partial charge >= 0.3 is 0 Å². The lowest BCUT2D eigenvalue weighted by atomic mass is 9.99. The maximum Gasteiger partial charge on any atom is 0.138 e. The smallest absolute Gasteiger partial charge is 0.138 e. The van der Waals surface area contributed by atoms with E-state index in [0.29, 0.717) is 28.3 Å². The summed E-state index contributed by atoms with van der Waals surface area (Å²) in [6.07, 6.45) is 1.79. The zero-order valence-electron chi connectivity index (χ0n) is 12.8. The van der Waals surface area contributed by atoms with Crippen LogP contribution in [0.15, 0.2) is 18.2 Å². The molecule has 1 N–H and O–H groups in total. The van der Waals surface area contributed by atoms with Gasteiger partial charge in [0.25, 0.3) is 0 Å². The molecule has 1 aliphatic rings. The largest absolute Gasteiger partial charge is 0.489 e. The van der Waals surface area contributed by atoms with Gasteiger partial charge in [0.05, 0.1) is 11.6 Å². The fourth-order valence-electron chi connectivity index (χ4n) is 2.82. The van der Waals surface area contributed by atoms with Gasteiger partial charge in [0.2, 0.25) is 0 Å². The second-order valence-corrected chi connectivity index (χ2v) is 6.61. The average Bonchev–Trinajstić information content (AvgIpc) is 2.47. The number of β-amino-alcohol motifs (C(OH)–C–C–N with tert-alkyl or cyclic N) is 1. The molecule has 1 fully saturated rings. The van der Waals surface area contributed by atoms with E-state index in [1.165, 1.54) is 6.42 Å². The van der Waals surface area contributed by atoms with Gasteiger partial charge in [0, 0.05) is 25.2 Å². The number of aliphatic hydroxyl groups excluding tert-OH is 1. The van der Waals surface area contributed by atoms with E-state index in [9.17, 15) is 5.11 Å². The molecule has 0 radical (unpaired) electrons. The van der Waals surface area contributed by atoms with Crippen LogP contribution in [0.5, 0.6) is 5.75 Å². The first-order valence-electron chi connectivity index (χ1n) is 7.55. The van der Waals surface area contributed by atoms with Crippen LogP contribution in [0.4, 0.5) is 0 Å². The molecule has 6 heteroatoms. The Balaban J connectivity index is 1.76. The number of nitrogens with zero attached hydrogens (tertiary/aromatic N) is 1. The normalized spacial score (nSPS) is 20.8. The molecule has 2 rings (SSSR count). The summed E-state index contributed by atoms with van der Waals surface area (Å²) in [5.74, 6) is 1.10. The molecule has 1 heterocycles. The summed E-state index contributed by atoms with van der Waals surface area (Å²) < 4.78 is 10.8. The second-order valence-electron chi connectivity index (χ2n) is 5.76. The number of hydrogen-bond donors (Lipinski definition) is 1. The Kier molecular flexibility index (Phi) is 7.25. The van der Waals surface area contributed by atoms with Crippen molar-refractivity contribution in [1.82, 2.24) is 4.90 Å². The Labute approximate surface area is 141 Å². The van der Waals surface area contributed by atoms with Crippen molar-refractivity contribution in [2.75, 3.05) is 40.0 Å². The van der Waals surface area contributed by atoms with Crippen LogP contribution in [0, 0.1) is 5.92 Å². The molecule has 0 amide bonds. The monoisotopic (exact) mass is 347 g/mol. The van der Waals surface area contributed by atoms with Gasteiger partial charge in [-0.05, 0) is 43.5 Å². The topological polar surface area (TPSA) is 41.9 Å². The zero-order chi connectivity index (χ0) is 15.9. The number of benzene rings is 1. The highest BCUT2D eigenvalue weighted by Gasteiger charge is 2.22. The van der Waals surface area contributed by atoms with Crippen LogP contribution < -0.4 is 4.74 Å². The van der Waals surface area contributed by atoms with Gasteiger partial charge in [-0.15, -0.1) is 0 Å². The molecule has 1 saturated heterocycles. The number of rotatable bonds is 7. The first kappa shape index (κ1) is 17.8. The van der Waals surface area contributed by atoms with Crippen LogP contribution in [0.3, 0.4) is 0 Å². The first-order chi connectivity index (χ1) is 10.6. The molecule has 0 aromatic heterocycles.